The van der Waals surface area contributed by atoms with E-state index in [9.17, 15) is 9.59 Å². The molecule has 2 fully saturated rings. The molecule has 2 aliphatic rings. The number of carbonyl (C=O) groups is 2. The molecule has 0 aromatic rings. The third kappa shape index (κ3) is 4.94. The van der Waals surface area contributed by atoms with E-state index in [0.29, 0.717) is 0 Å². The summed E-state index contributed by atoms with van der Waals surface area (Å²) in [6, 6.07) is 0.393. The van der Waals surface area contributed by atoms with Crippen LogP contribution in [-0.2, 0) is 4.79 Å². The second kappa shape index (κ2) is 6.81. The van der Waals surface area contributed by atoms with E-state index >= 15 is 0 Å². The molecule has 0 aromatic heterocycles. The van der Waals surface area contributed by atoms with Gasteiger partial charge < -0.3 is 16.0 Å². The van der Waals surface area contributed by atoms with Crippen molar-refractivity contribution in [3.05, 3.63) is 18.4 Å². The highest BCUT2D eigenvalue weighted by Crippen LogP contribution is 2.38. The lowest BCUT2D eigenvalue weighted by Crippen LogP contribution is -2.49. The van der Waals surface area contributed by atoms with Gasteiger partial charge in [-0.1, -0.05) is 6.58 Å². The lowest BCUT2D eigenvalue weighted by molar-refractivity contribution is -0.119. The molecule has 116 valence electrons. The summed E-state index contributed by atoms with van der Waals surface area (Å²) in [5.41, 5.74) is 2.69. The van der Waals surface area contributed by atoms with Crippen LogP contribution in [0.5, 0.6) is 0 Å². The maximum atomic E-state index is 12.0. The third-order valence-electron chi connectivity index (χ3n) is 4.34. The van der Waals surface area contributed by atoms with E-state index in [1.807, 2.05) is 6.08 Å². The average Bonchev–Trinajstić information content (AvgIpc) is 3.18. The van der Waals surface area contributed by atoms with Crippen molar-refractivity contribution in [2.24, 2.45) is 0 Å². The van der Waals surface area contributed by atoms with Crippen LogP contribution in [0.3, 0.4) is 0 Å². The fourth-order valence-electron chi connectivity index (χ4n) is 2.93. The summed E-state index contributed by atoms with van der Waals surface area (Å²) in [7, 11) is 0. The Morgan fingerprint density at radius 2 is 1.76 bits per heavy atom. The largest absolute Gasteiger partial charge is 0.354 e. The molecule has 5 nitrogen and oxygen atoms in total. The summed E-state index contributed by atoms with van der Waals surface area (Å²) in [4.78, 5) is 23.1. The Morgan fingerprint density at radius 1 is 1.19 bits per heavy atom. The van der Waals surface area contributed by atoms with E-state index < -0.39 is 0 Å². The van der Waals surface area contributed by atoms with Gasteiger partial charge in [0, 0.05) is 24.5 Å². The Kier molecular flexibility index (Phi) is 5.07. The molecule has 0 atom stereocenters. The molecule has 5 heteroatoms. The van der Waals surface area contributed by atoms with E-state index in [2.05, 4.69) is 28.3 Å². The minimum atomic E-state index is -0.0760. The molecule has 0 radical (unpaired) electrons. The Hall–Kier alpha value is -1.74. The SMILES string of the molecule is C=C=CCC1(NC(=O)NC2CCC(NC(C)=O)CC2)CC1. The molecule has 2 saturated carbocycles. The minimum absolute atomic E-state index is 0.0232. The predicted octanol–water partition coefficient (Wildman–Crippen LogP) is 2.00. The van der Waals surface area contributed by atoms with Gasteiger partial charge in [-0.05, 0) is 51.0 Å². The summed E-state index contributed by atoms with van der Waals surface area (Å²) in [5, 5.41) is 9.07. The van der Waals surface area contributed by atoms with E-state index in [0.717, 1.165) is 44.9 Å². The molecule has 3 amide bonds. The maximum Gasteiger partial charge on any atom is 0.315 e. The predicted molar refractivity (Wildman–Crippen MR) is 81.8 cm³/mol. The molecule has 2 rings (SSSR count). The molecule has 0 spiro atoms. The van der Waals surface area contributed by atoms with Crippen LogP contribution in [0.2, 0.25) is 0 Å². The lowest BCUT2D eigenvalue weighted by atomic mass is 9.91. The van der Waals surface area contributed by atoms with Crippen LogP contribution in [0.15, 0.2) is 18.4 Å². The Labute approximate surface area is 126 Å². The smallest absolute Gasteiger partial charge is 0.315 e. The number of amides is 3. The van der Waals surface area contributed by atoms with Crippen molar-refractivity contribution in [2.45, 2.75) is 69.5 Å². The van der Waals surface area contributed by atoms with Crippen LogP contribution in [0, 0.1) is 0 Å². The van der Waals surface area contributed by atoms with Gasteiger partial charge in [0.15, 0.2) is 0 Å². The van der Waals surface area contributed by atoms with E-state index in [1.165, 1.54) is 0 Å². The zero-order chi connectivity index (χ0) is 15.3. The van der Waals surface area contributed by atoms with Gasteiger partial charge in [0.25, 0.3) is 0 Å². The summed E-state index contributed by atoms with van der Waals surface area (Å²) in [6.45, 7) is 5.10. The molecule has 0 saturated heterocycles. The first-order chi connectivity index (χ1) is 10.0. The van der Waals surface area contributed by atoms with Crippen LogP contribution >= 0.6 is 0 Å². The fourth-order valence-corrected chi connectivity index (χ4v) is 2.93. The van der Waals surface area contributed by atoms with Crippen molar-refractivity contribution < 1.29 is 9.59 Å². The topological polar surface area (TPSA) is 70.2 Å². The molecule has 21 heavy (non-hydrogen) atoms. The van der Waals surface area contributed by atoms with Crippen LogP contribution in [0.4, 0.5) is 4.79 Å². The van der Waals surface area contributed by atoms with Gasteiger partial charge in [0.2, 0.25) is 5.91 Å². The van der Waals surface area contributed by atoms with E-state index in [-0.39, 0.29) is 29.6 Å². The molecule has 0 aliphatic heterocycles. The molecule has 2 aliphatic carbocycles. The summed E-state index contributed by atoms with van der Waals surface area (Å²) >= 11 is 0. The zero-order valence-corrected chi connectivity index (χ0v) is 12.7. The second-order valence-corrected chi connectivity index (χ2v) is 6.24. The van der Waals surface area contributed by atoms with Crippen molar-refractivity contribution in [1.82, 2.24) is 16.0 Å². The summed E-state index contributed by atoms with van der Waals surface area (Å²) in [5.74, 6) is 0.0232. The molecule has 0 unspecified atom stereocenters. The molecule has 0 bridgehead atoms. The van der Waals surface area contributed by atoms with Crippen molar-refractivity contribution in [1.29, 1.82) is 0 Å². The Morgan fingerprint density at radius 3 is 2.24 bits per heavy atom. The van der Waals surface area contributed by atoms with Gasteiger partial charge >= 0.3 is 6.03 Å². The molecule has 0 aromatic carbocycles. The first-order valence-electron chi connectivity index (χ1n) is 7.73. The van der Waals surface area contributed by atoms with Crippen LogP contribution < -0.4 is 16.0 Å². The Bertz CT molecular complexity index is 442. The van der Waals surface area contributed by atoms with Crippen molar-refractivity contribution in [2.75, 3.05) is 0 Å². The van der Waals surface area contributed by atoms with E-state index in [1.54, 1.807) is 6.92 Å². The van der Waals surface area contributed by atoms with Crippen LogP contribution in [0.1, 0.15) is 51.9 Å². The molecule has 3 N–H and O–H groups in total. The Balaban J connectivity index is 1.70. The quantitative estimate of drug-likeness (QED) is 0.678. The molecule has 0 heterocycles. The van der Waals surface area contributed by atoms with Gasteiger partial charge in [-0.3, -0.25) is 4.79 Å². The summed E-state index contributed by atoms with van der Waals surface area (Å²) < 4.78 is 0. The second-order valence-electron chi connectivity index (χ2n) is 6.24. The summed E-state index contributed by atoms with van der Waals surface area (Å²) in [6.07, 6.45) is 8.41. The standard InChI is InChI=1S/C16H25N3O2/c1-3-4-9-16(10-11-16)19-15(21)18-14-7-5-13(6-8-14)17-12(2)20/h4,13-14H,1,5-11H2,2H3,(H,17,20)(H2,18,19,21). The van der Waals surface area contributed by atoms with Crippen LogP contribution in [-0.4, -0.2) is 29.6 Å². The first-order valence-corrected chi connectivity index (χ1v) is 7.73. The van der Waals surface area contributed by atoms with Gasteiger partial charge in [-0.25, -0.2) is 4.79 Å². The van der Waals surface area contributed by atoms with Crippen molar-refractivity contribution in [3.8, 4) is 0 Å². The van der Waals surface area contributed by atoms with Crippen LogP contribution in [0.25, 0.3) is 0 Å². The number of carbonyl (C=O) groups excluding carboxylic acids is 2. The van der Waals surface area contributed by atoms with Gasteiger partial charge in [-0.2, -0.15) is 0 Å². The first kappa shape index (κ1) is 15.6. The number of rotatable bonds is 5. The zero-order valence-electron chi connectivity index (χ0n) is 12.7. The number of hydrogen-bond donors (Lipinski definition) is 3. The lowest BCUT2D eigenvalue weighted by Gasteiger charge is -2.30. The van der Waals surface area contributed by atoms with Gasteiger partial charge in [0.1, 0.15) is 0 Å². The van der Waals surface area contributed by atoms with E-state index in [4.69, 9.17) is 0 Å². The van der Waals surface area contributed by atoms with Crippen molar-refractivity contribution >= 4 is 11.9 Å². The maximum absolute atomic E-state index is 12.0. The monoisotopic (exact) mass is 291 g/mol. The third-order valence-corrected chi connectivity index (χ3v) is 4.34. The average molecular weight is 291 g/mol. The van der Waals surface area contributed by atoms with Gasteiger partial charge in [0.05, 0.1) is 0 Å². The normalized spacial score (nSPS) is 26.1. The minimum Gasteiger partial charge on any atom is -0.354 e. The molecular weight excluding hydrogens is 266 g/mol. The number of urea groups is 1. The molecular formula is C16H25N3O2. The fraction of sp³-hybridized carbons (Fsp3) is 0.688. The highest BCUT2D eigenvalue weighted by atomic mass is 16.2. The van der Waals surface area contributed by atoms with Gasteiger partial charge in [-0.15, -0.1) is 5.73 Å². The highest BCUT2D eigenvalue weighted by molar-refractivity contribution is 5.75. The number of nitrogens with one attached hydrogen (secondary N) is 3. The van der Waals surface area contributed by atoms with Crippen molar-refractivity contribution in [3.63, 3.8) is 0 Å². The number of hydrogen-bond acceptors (Lipinski definition) is 2. The highest BCUT2D eigenvalue weighted by Gasteiger charge is 2.43.